The Labute approximate surface area is 254 Å². The van der Waals surface area contributed by atoms with E-state index in [0.717, 1.165) is 0 Å². The molecule has 0 aromatic rings. The molecule has 20 atom stereocenters. The van der Waals surface area contributed by atoms with Gasteiger partial charge in [0.1, 0.15) is 97.7 Å². The minimum absolute atomic E-state index is 0.818. The fourth-order valence-corrected chi connectivity index (χ4v) is 5.52. The van der Waals surface area contributed by atoms with Gasteiger partial charge in [0, 0.05) is 0 Å². The van der Waals surface area contributed by atoms with Gasteiger partial charge in [0.05, 0.1) is 26.4 Å². The lowest BCUT2D eigenvalue weighted by atomic mass is 9.95. The average molecular weight is 667 g/mol. The summed E-state index contributed by atoms with van der Waals surface area (Å²) in [5.74, 6) is 0. The molecule has 0 bridgehead atoms. The number of aliphatic hydroxyl groups excluding tert-OH is 14. The van der Waals surface area contributed by atoms with E-state index in [1.807, 2.05) is 0 Å². The van der Waals surface area contributed by atoms with Crippen molar-refractivity contribution in [2.75, 3.05) is 26.4 Å². The molecule has 0 radical (unpaired) electrons. The van der Waals surface area contributed by atoms with Crippen molar-refractivity contribution in [2.45, 2.75) is 123 Å². The van der Waals surface area contributed by atoms with Crippen molar-refractivity contribution in [3.05, 3.63) is 0 Å². The topological polar surface area (TPSA) is 348 Å². The summed E-state index contributed by atoms with van der Waals surface area (Å²) < 4.78 is 38.1. The third-order valence-electron chi connectivity index (χ3n) is 8.21. The first kappa shape index (κ1) is 37.0. The fraction of sp³-hybridized carbons (Fsp3) is 1.00. The largest absolute Gasteiger partial charge is 0.394 e. The van der Waals surface area contributed by atoms with Crippen molar-refractivity contribution in [2.24, 2.45) is 0 Å². The van der Waals surface area contributed by atoms with E-state index < -0.39 is 149 Å². The zero-order valence-electron chi connectivity index (χ0n) is 23.5. The molecule has 4 rings (SSSR count). The zero-order valence-corrected chi connectivity index (χ0v) is 23.5. The summed E-state index contributed by atoms with van der Waals surface area (Å²) in [6.07, 6.45) is -35.8. The van der Waals surface area contributed by atoms with Crippen molar-refractivity contribution in [3.63, 3.8) is 0 Å². The third kappa shape index (κ3) is 7.44. The Bertz CT molecular complexity index is 912. The van der Waals surface area contributed by atoms with Crippen LogP contribution < -0.4 is 0 Å². The van der Waals surface area contributed by atoms with Gasteiger partial charge < -0.3 is 105 Å². The molecule has 21 heteroatoms. The van der Waals surface area contributed by atoms with Gasteiger partial charge in [-0.05, 0) is 0 Å². The summed E-state index contributed by atoms with van der Waals surface area (Å²) in [4.78, 5) is 0. The van der Waals surface area contributed by atoms with E-state index in [9.17, 15) is 71.5 Å². The van der Waals surface area contributed by atoms with Gasteiger partial charge in [-0.1, -0.05) is 0 Å². The molecule has 4 aliphatic heterocycles. The molecule has 4 fully saturated rings. The molecule has 9 unspecified atom stereocenters. The predicted molar refractivity (Wildman–Crippen MR) is 134 cm³/mol. The van der Waals surface area contributed by atoms with E-state index in [-0.39, 0.29) is 0 Å². The summed E-state index contributed by atoms with van der Waals surface area (Å²) in [5, 5.41) is 142. The minimum Gasteiger partial charge on any atom is -0.394 e. The second-order valence-electron chi connectivity index (χ2n) is 11.1. The van der Waals surface area contributed by atoms with Gasteiger partial charge >= 0.3 is 0 Å². The van der Waals surface area contributed by atoms with Crippen LogP contribution in [0, 0.1) is 0 Å². The molecular formula is C24H42O21. The average Bonchev–Trinajstić information content (AvgIpc) is 3.03. The highest BCUT2D eigenvalue weighted by Crippen LogP contribution is 2.34. The quantitative estimate of drug-likeness (QED) is 0.103. The number of rotatable bonds is 10. The highest BCUT2D eigenvalue weighted by Gasteiger charge is 2.55. The molecule has 0 aliphatic carbocycles. The summed E-state index contributed by atoms with van der Waals surface area (Å²) in [6, 6.07) is 0. The Hall–Kier alpha value is -0.840. The van der Waals surface area contributed by atoms with Crippen LogP contribution >= 0.6 is 0 Å². The Morgan fingerprint density at radius 2 is 0.689 bits per heavy atom. The van der Waals surface area contributed by atoms with E-state index in [1.165, 1.54) is 0 Å². The van der Waals surface area contributed by atoms with Crippen molar-refractivity contribution < 1.29 is 105 Å². The highest BCUT2D eigenvalue weighted by molar-refractivity contribution is 4.97. The van der Waals surface area contributed by atoms with Crippen molar-refractivity contribution in [1.29, 1.82) is 0 Å². The molecule has 264 valence electrons. The first-order valence-corrected chi connectivity index (χ1v) is 14.1. The lowest BCUT2D eigenvalue weighted by Crippen LogP contribution is -2.67. The van der Waals surface area contributed by atoms with Crippen LogP contribution in [0.15, 0.2) is 0 Å². The molecule has 21 nitrogen and oxygen atoms in total. The van der Waals surface area contributed by atoms with E-state index >= 15 is 0 Å². The van der Waals surface area contributed by atoms with Crippen molar-refractivity contribution in [3.8, 4) is 0 Å². The van der Waals surface area contributed by atoms with E-state index in [4.69, 9.17) is 33.2 Å². The molecule has 0 amide bonds. The van der Waals surface area contributed by atoms with Gasteiger partial charge in [-0.3, -0.25) is 0 Å². The summed E-state index contributed by atoms with van der Waals surface area (Å²) in [6.45, 7) is -3.43. The molecule has 0 saturated carbocycles. The van der Waals surface area contributed by atoms with Crippen LogP contribution in [0.2, 0.25) is 0 Å². The molecule has 0 aromatic carbocycles. The summed E-state index contributed by atoms with van der Waals surface area (Å²) >= 11 is 0. The Morgan fingerprint density at radius 3 is 1.22 bits per heavy atom. The smallest absolute Gasteiger partial charge is 0.187 e. The molecular weight excluding hydrogens is 624 g/mol. The SMILES string of the molecule is OCC1O[C@H](OC2[C@@H](O[C@@H]3C(CO)O[C@H](O[C@@H]4C(CO)O[C@@H](O)C(O)[C@H]4O)C(O)[C@H]3O)OC(CO)[C@@H](O)[C@@H]2O)C(O)C(O)[C@@H]1O. The summed E-state index contributed by atoms with van der Waals surface area (Å²) in [5.41, 5.74) is 0. The lowest BCUT2D eigenvalue weighted by Gasteiger charge is -2.49. The predicted octanol–water partition coefficient (Wildman–Crippen LogP) is -9.75. The Kier molecular flexibility index (Phi) is 12.8. The van der Waals surface area contributed by atoms with Gasteiger partial charge in [0.2, 0.25) is 0 Å². The maximum atomic E-state index is 11.0. The fourth-order valence-electron chi connectivity index (χ4n) is 5.52. The Morgan fingerprint density at radius 1 is 0.333 bits per heavy atom. The normalized spacial score (nSPS) is 52.9. The third-order valence-corrected chi connectivity index (χ3v) is 8.21. The van der Waals surface area contributed by atoms with E-state index in [2.05, 4.69) is 0 Å². The van der Waals surface area contributed by atoms with Gasteiger partial charge in [-0.15, -0.1) is 0 Å². The molecule has 4 aliphatic rings. The molecule has 0 aromatic heterocycles. The number of hydrogen-bond acceptors (Lipinski definition) is 21. The Balaban J connectivity index is 1.53. The number of ether oxygens (including phenoxy) is 7. The molecule has 4 heterocycles. The van der Waals surface area contributed by atoms with Crippen LogP contribution in [0.4, 0.5) is 0 Å². The number of aliphatic hydroxyl groups is 14. The first-order chi connectivity index (χ1) is 21.3. The molecule has 14 N–H and O–H groups in total. The molecule has 0 spiro atoms. The van der Waals surface area contributed by atoms with Crippen LogP contribution in [-0.2, 0) is 33.2 Å². The van der Waals surface area contributed by atoms with Crippen LogP contribution in [-0.4, -0.2) is 221 Å². The lowest BCUT2D eigenvalue weighted by molar-refractivity contribution is -0.394. The standard InChI is InChI=1S/C24H42O21/c25-1-5-9(29)11(31)16(36)22(40-5)45-20-12(32)10(30)6(2-26)41-24(20)44-19-8(4-28)42-23(17(37)14(19)34)43-18-7(3-27)39-21(38)15(35)13(18)33/h5-38H,1-4H2/t5?,6?,7?,8?,9-,10-,11?,12+,13-,14-,15?,16?,17?,18-,19-,20?,21-,22-,23-,24-/m1/s1. The van der Waals surface area contributed by atoms with Gasteiger partial charge in [0.15, 0.2) is 25.2 Å². The number of hydrogen-bond donors (Lipinski definition) is 14. The van der Waals surface area contributed by atoms with Crippen LogP contribution in [0.1, 0.15) is 0 Å². The maximum absolute atomic E-state index is 11.0. The van der Waals surface area contributed by atoms with Crippen molar-refractivity contribution in [1.82, 2.24) is 0 Å². The van der Waals surface area contributed by atoms with Crippen LogP contribution in [0.25, 0.3) is 0 Å². The molecule has 45 heavy (non-hydrogen) atoms. The van der Waals surface area contributed by atoms with Gasteiger partial charge in [-0.2, -0.15) is 0 Å². The van der Waals surface area contributed by atoms with Crippen LogP contribution in [0.3, 0.4) is 0 Å². The van der Waals surface area contributed by atoms with E-state index in [0.29, 0.717) is 0 Å². The highest BCUT2D eigenvalue weighted by atomic mass is 16.8. The maximum Gasteiger partial charge on any atom is 0.187 e. The minimum atomic E-state index is -2.04. The zero-order chi connectivity index (χ0) is 33.3. The van der Waals surface area contributed by atoms with E-state index in [1.54, 1.807) is 0 Å². The van der Waals surface area contributed by atoms with Crippen molar-refractivity contribution >= 4 is 0 Å². The van der Waals surface area contributed by atoms with Gasteiger partial charge in [-0.25, -0.2) is 0 Å². The second-order valence-corrected chi connectivity index (χ2v) is 11.1. The first-order valence-electron chi connectivity index (χ1n) is 14.1. The van der Waals surface area contributed by atoms with Crippen LogP contribution in [0.5, 0.6) is 0 Å². The van der Waals surface area contributed by atoms with Gasteiger partial charge in [0.25, 0.3) is 0 Å². The second kappa shape index (κ2) is 15.6. The monoisotopic (exact) mass is 666 g/mol. The molecule has 4 saturated heterocycles. The summed E-state index contributed by atoms with van der Waals surface area (Å²) in [7, 11) is 0.